The fraction of sp³-hybridized carbons (Fsp3) is 0.0476. The van der Waals surface area contributed by atoms with Gasteiger partial charge in [-0.05, 0) is 29.8 Å². The Balaban J connectivity index is 1.83. The van der Waals surface area contributed by atoms with E-state index < -0.39 is 0 Å². The summed E-state index contributed by atoms with van der Waals surface area (Å²) in [5, 5.41) is 3.66. The van der Waals surface area contributed by atoms with E-state index in [1.807, 2.05) is 0 Å². The number of hydrogen-bond acceptors (Lipinski definition) is 4. The van der Waals surface area contributed by atoms with Crippen LogP contribution in [0.25, 0.3) is 5.57 Å². The Bertz CT molecular complexity index is 1020. The Labute approximate surface area is 155 Å². The number of ketones is 2. The molecule has 1 heterocycles. The second kappa shape index (κ2) is 6.65. The molecule has 0 aliphatic heterocycles. The zero-order valence-electron chi connectivity index (χ0n) is 13.7. The van der Waals surface area contributed by atoms with Crippen molar-refractivity contribution in [1.29, 1.82) is 0 Å². The van der Waals surface area contributed by atoms with Crippen LogP contribution in [-0.4, -0.2) is 11.6 Å². The Kier molecular flexibility index (Phi) is 4.19. The lowest BCUT2D eigenvalue weighted by atomic mass is 9.84. The summed E-state index contributed by atoms with van der Waals surface area (Å²) >= 11 is 5.97. The third-order valence-electron chi connectivity index (χ3n) is 4.27. The van der Waals surface area contributed by atoms with Crippen molar-refractivity contribution in [1.82, 2.24) is 5.32 Å². The molecular formula is C21H14ClNO3. The van der Waals surface area contributed by atoms with Gasteiger partial charge < -0.3 is 9.73 Å². The number of nitrogens with one attached hydrogen (secondary N) is 1. The fourth-order valence-electron chi connectivity index (χ4n) is 3.02. The first-order valence-corrected chi connectivity index (χ1v) is 8.48. The highest BCUT2D eigenvalue weighted by atomic mass is 35.5. The lowest BCUT2D eigenvalue weighted by Gasteiger charge is -2.22. The molecule has 0 radical (unpaired) electrons. The number of fused-ring (bicyclic) bond motifs is 1. The van der Waals surface area contributed by atoms with Crippen LogP contribution in [-0.2, 0) is 6.54 Å². The second-order valence-electron chi connectivity index (χ2n) is 5.89. The van der Waals surface area contributed by atoms with E-state index >= 15 is 0 Å². The molecule has 1 aromatic heterocycles. The molecule has 3 aromatic rings. The number of Topliss-reactive ketones (excluding diaryl/α,β-unsaturated/α-hetero) is 2. The highest BCUT2D eigenvalue weighted by molar-refractivity contribution is 6.40. The van der Waals surface area contributed by atoms with Gasteiger partial charge in [0, 0.05) is 16.1 Å². The maximum atomic E-state index is 13.1. The number of hydrogen-bond donors (Lipinski definition) is 1. The van der Waals surface area contributed by atoms with Gasteiger partial charge in [0.05, 0.1) is 24.1 Å². The molecule has 0 fully saturated rings. The topological polar surface area (TPSA) is 59.3 Å². The quantitative estimate of drug-likeness (QED) is 0.740. The van der Waals surface area contributed by atoms with Gasteiger partial charge in [-0.25, -0.2) is 0 Å². The van der Waals surface area contributed by atoms with E-state index in [0.29, 0.717) is 39.6 Å². The molecule has 0 spiro atoms. The highest BCUT2D eigenvalue weighted by Crippen LogP contribution is 2.32. The number of rotatable bonds is 4. The summed E-state index contributed by atoms with van der Waals surface area (Å²) < 4.78 is 5.31. The maximum absolute atomic E-state index is 13.1. The predicted octanol–water partition coefficient (Wildman–Crippen LogP) is 4.51. The summed E-state index contributed by atoms with van der Waals surface area (Å²) in [4.78, 5) is 26.2. The Morgan fingerprint density at radius 2 is 1.54 bits per heavy atom. The fourth-order valence-corrected chi connectivity index (χ4v) is 3.15. The van der Waals surface area contributed by atoms with Crippen molar-refractivity contribution in [2.45, 2.75) is 6.54 Å². The van der Waals surface area contributed by atoms with Crippen molar-refractivity contribution in [2.24, 2.45) is 0 Å². The molecule has 0 saturated carbocycles. The molecule has 0 unspecified atom stereocenters. The Morgan fingerprint density at radius 3 is 2.19 bits per heavy atom. The van der Waals surface area contributed by atoms with Crippen molar-refractivity contribution in [3.63, 3.8) is 0 Å². The van der Waals surface area contributed by atoms with Crippen LogP contribution in [0.15, 0.2) is 77.0 Å². The standard InChI is InChI=1S/C21H14ClNO3/c22-14-9-7-13(8-10-14)18-19(23-12-15-4-3-11-26-15)21(25)17-6-2-1-5-16(17)20(18)24/h1-11,23H,12H2. The molecule has 1 aliphatic rings. The summed E-state index contributed by atoms with van der Waals surface area (Å²) in [7, 11) is 0. The van der Waals surface area contributed by atoms with Crippen molar-refractivity contribution < 1.29 is 14.0 Å². The Morgan fingerprint density at radius 1 is 0.846 bits per heavy atom. The van der Waals surface area contributed by atoms with Gasteiger partial charge in [0.25, 0.3) is 0 Å². The van der Waals surface area contributed by atoms with E-state index in [9.17, 15) is 9.59 Å². The van der Waals surface area contributed by atoms with Crippen molar-refractivity contribution in [2.75, 3.05) is 0 Å². The monoisotopic (exact) mass is 363 g/mol. The predicted molar refractivity (Wildman–Crippen MR) is 99.0 cm³/mol. The zero-order chi connectivity index (χ0) is 18.1. The first kappa shape index (κ1) is 16.4. The van der Waals surface area contributed by atoms with Crippen LogP contribution in [0.4, 0.5) is 0 Å². The highest BCUT2D eigenvalue weighted by Gasteiger charge is 2.32. The van der Waals surface area contributed by atoms with Crippen LogP contribution in [0.2, 0.25) is 5.02 Å². The summed E-state index contributed by atoms with van der Waals surface area (Å²) in [5.41, 5.74) is 2.07. The van der Waals surface area contributed by atoms with Crippen LogP contribution >= 0.6 is 11.6 Å². The maximum Gasteiger partial charge on any atom is 0.210 e. The van der Waals surface area contributed by atoms with E-state index in [-0.39, 0.29) is 17.3 Å². The molecular weight excluding hydrogens is 350 g/mol. The van der Waals surface area contributed by atoms with E-state index in [2.05, 4.69) is 5.32 Å². The van der Waals surface area contributed by atoms with E-state index in [0.717, 1.165) is 0 Å². The van der Waals surface area contributed by atoms with Gasteiger partial charge >= 0.3 is 0 Å². The minimum atomic E-state index is -0.211. The second-order valence-corrected chi connectivity index (χ2v) is 6.33. The summed E-state index contributed by atoms with van der Waals surface area (Å²) in [6.07, 6.45) is 1.56. The number of carbonyl (C=O) groups excluding carboxylic acids is 2. The van der Waals surface area contributed by atoms with E-state index in [1.165, 1.54) is 0 Å². The molecule has 0 amide bonds. The largest absolute Gasteiger partial charge is 0.467 e. The normalized spacial score (nSPS) is 13.7. The smallest absolute Gasteiger partial charge is 0.210 e. The molecule has 26 heavy (non-hydrogen) atoms. The third kappa shape index (κ3) is 2.85. The molecule has 128 valence electrons. The average Bonchev–Trinajstić information content (AvgIpc) is 3.18. The van der Waals surface area contributed by atoms with Gasteiger partial charge in [-0.15, -0.1) is 0 Å². The SMILES string of the molecule is O=C1C(NCc2ccco2)=C(c2ccc(Cl)cc2)C(=O)c2ccccc21. The summed E-state index contributed by atoms with van der Waals surface area (Å²) in [5.74, 6) is 0.272. The molecule has 5 heteroatoms. The Hall–Kier alpha value is -3.11. The van der Waals surface area contributed by atoms with Gasteiger partial charge in [-0.2, -0.15) is 0 Å². The number of carbonyl (C=O) groups is 2. The number of furan rings is 1. The number of halogens is 1. The lowest BCUT2D eigenvalue weighted by Crippen LogP contribution is -2.29. The third-order valence-corrected chi connectivity index (χ3v) is 4.52. The van der Waals surface area contributed by atoms with Gasteiger partial charge in [-0.3, -0.25) is 9.59 Å². The van der Waals surface area contributed by atoms with Crippen LogP contribution in [0.3, 0.4) is 0 Å². The molecule has 4 nitrogen and oxygen atoms in total. The van der Waals surface area contributed by atoms with Gasteiger partial charge in [0.1, 0.15) is 5.76 Å². The first-order valence-electron chi connectivity index (χ1n) is 8.10. The lowest BCUT2D eigenvalue weighted by molar-refractivity contribution is 0.0985. The number of allylic oxidation sites excluding steroid dienone is 2. The van der Waals surface area contributed by atoms with E-state index in [4.69, 9.17) is 16.0 Å². The van der Waals surface area contributed by atoms with E-state index in [1.54, 1.807) is 66.9 Å². The van der Waals surface area contributed by atoms with Crippen LogP contribution in [0, 0.1) is 0 Å². The van der Waals surface area contributed by atoms with Crippen LogP contribution in [0.5, 0.6) is 0 Å². The van der Waals surface area contributed by atoms with Crippen molar-refractivity contribution in [3.8, 4) is 0 Å². The summed E-state index contributed by atoms with van der Waals surface area (Å²) in [6.45, 7) is 0.306. The van der Waals surface area contributed by atoms with Gasteiger partial charge in [0.2, 0.25) is 5.78 Å². The van der Waals surface area contributed by atoms with Crippen LogP contribution in [0.1, 0.15) is 32.0 Å². The molecule has 4 rings (SSSR count). The van der Waals surface area contributed by atoms with Crippen molar-refractivity contribution >= 4 is 28.7 Å². The molecule has 0 atom stereocenters. The van der Waals surface area contributed by atoms with Crippen molar-refractivity contribution in [3.05, 3.63) is 100 Å². The van der Waals surface area contributed by atoms with Gasteiger partial charge in [0.15, 0.2) is 5.78 Å². The first-order chi connectivity index (χ1) is 12.6. The van der Waals surface area contributed by atoms with Gasteiger partial charge in [-0.1, -0.05) is 48.0 Å². The summed E-state index contributed by atoms with van der Waals surface area (Å²) in [6, 6.07) is 17.3. The molecule has 1 aliphatic carbocycles. The molecule has 0 bridgehead atoms. The molecule has 0 saturated heterocycles. The zero-order valence-corrected chi connectivity index (χ0v) is 14.4. The number of benzene rings is 2. The van der Waals surface area contributed by atoms with Crippen LogP contribution < -0.4 is 5.32 Å². The average molecular weight is 364 g/mol. The minimum Gasteiger partial charge on any atom is -0.467 e. The molecule has 2 aromatic carbocycles. The molecule has 1 N–H and O–H groups in total. The minimum absolute atomic E-state index is 0.190.